The molecular formula is C15H29Cl. The van der Waals surface area contributed by atoms with E-state index < -0.39 is 0 Å². The quantitative estimate of drug-likeness (QED) is 0.322. The van der Waals surface area contributed by atoms with Crippen LogP contribution in [0.5, 0.6) is 0 Å². The molecule has 16 heavy (non-hydrogen) atoms. The summed E-state index contributed by atoms with van der Waals surface area (Å²) < 4.78 is 0. The van der Waals surface area contributed by atoms with E-state index in [4.69, 9.17) is 11.6 Å². The predicted molar refractivity (Wildman–Crippen MR) is 76.3 cm³/mol. The van der Waals surface area contributed by atoms with Gasteiger partial charge in [0, 0.05) is 0 Å². The summed E-state index contributed by atoms with van der Waals surface area (Å²) in [6, 6.07) is 0. The minimum absolute atomic E-state index is 0.110. The molecule has 0 N–H and O–H groups in total. The van der Waals surface area contributed by atoms with Crippen molar-refractivity contribution >= 4 is 11.6 Å². The number of allylic oxidation sites excluding steroid dienone is 1. The SMILES string of the molecule is C=C(CCCC)C(Cl)(CCCC)CCCC. The molecule has 0 bridgehead atoms. The van der Waals surface area contributed by atoms with E-state index in [1.807, 2.05) is 0 Å². The number of halogens is 1. The fraction of sp³-hybridized carbons (Fsp3) is 0.867. The highest BCUT2D eigenvalue weighted by Crippen LogP contribution is 2.37. The van der Waals surface area contributed by atoms with E-state index in [2.05, 4.69) is 27.4 Å². The first kappa shape index (κ1) is 16.0. The zero-order chi connectivity index (χ0) is 12.4. The molecule has 0 amide bonds. The van der Waals surface area contributed by atoms with E-state index >= 15 is 0 Å². The van der Waals surface area contributed by atoms with Crippen molar-refractivity contribution in [2.45, 2.75) is 83.4 Å². The molecule has 0 fully saturated rings. The molecule has 0 nitrogen and oxygen atoms in total. The third kappa shape index (κ3) is 5.94. The predicted octanol–water partition coefficient (Wildman–Crippen LogP) is 6.09. The smallest absolute Gasteiger partial charge is 0.0652 e. The normalized spacial score (nSPS) is 11.8. The van der Waals surface area contributed by atoms with Gasteiger partial charge in [-0.25, -0.2) is 0 Å². The minimum atomic E-state index is -0.110. The third-order valence-corrected chi connectivity index (χ3v) is 3.96. The van der Waals surface area contributed by atoms with Crippen molar-refractivity contribution in [3.05, 3.63) is 12.2 Å². The lowest BCUT2D eigenvalue weighted by atomic mass is 9.86. The van der Waals surface area contributed by atoms with Gasteiger partial charge < -0.3 is 0 Å². The molecule has 0 aliphatic rings. The van der Waals surface area contributed by atoms with Gasteiger partial charge in [-0.2, -0.15) is 0 Å². The second kappa shape index (κ2) is 9.10. The molecule has 0 radical (unpaired) electrons. The first-order chi connectivity index (χ1) is 7.60. The lowest BCUT2D eigenvalue weighted by Crippen LogP contribution is -2.24. The zero-order valence-corrected chi connectivity index (χ0v) is 12.2. The standard InChI is InChI=1S/C15H29Cl/c1-5-8-11-14(4)15(16,12-9-6-2)13-10-7-3/h4-13H2,1-3H3. The van der Waals surface area contributed by atoms with Crippen molar-refractivity contribution in [3.8, 4) is 0 Å². The van der Waals surface area contributed by atoms with Crippen molar-refractivity contribution < 1.29 is 0 Å². The van der Waals surface area contributed by atoms with E-state index in [0.29, 0.717) is 0 Å². The molecule has 0 aromatic heterocycles. The molecule has 0 atom stereocenters. The Morgan fingerprint density at radius 1 is 0.938 bits per heavy atom. The summed E-state index contributed by atoms with van der Waals surface area (Å²) in [5.41, 5.74) is 1.28. The molecular weight excluding hydrogens is 216 g/mol. The van der Waals surface area contributed by atoms with Crippen molar-refractivity contribution in [2.75, 3.05) is 0 Å². The molecule has 0 aliphatic carbocycles. The van der Waals surface area contributed by atoms with Gasteiger partial charge in [-0.05, 0) is 25.7 Å². The number of rotatable bonds is 10. The summed E-state index contributed by atoms with van der Waals surface area (Å²) in [4.78, 5) is -0.110. The second-order valence-electron chi connectivity index (χ2n) is 4.88. The number of hydrogen-bond acceptors (Lipinski definition) is 0. The van der Waals surface area contributed by atoms with E-state index in [-0.39, 0.29) is 4.87 Å². The maximum atomic E-state index is 6.78. The van der Waals surface area contributed by atoms with Crippen molar-refractivity contribution in [3.63, 3.8) is 0 Å². The molecule has 0 saturated carbocycles. The molecule has 1 heteroatoms. The highest BCUT2D eigenvalue weighted by molar-refractivity contribution is 6.25. The Morgan fingerprint density at radius 3 is 1.75 bits per heavy atom. The van der Waals surface area contributed by atoms with E-state index in [0.717, 1.165) is 19.3 Å². The topological polar surface area (TPSA) is 0 Å². The van der Waals surface area contributed by atoms with Crippen LogP contribution in [-0.2, 0) is 0 Å². The van der Waals surface area contributed by atoms with Crippen LogP contribution in [0.25, 0.3) is 0 Å². The van der Waals surface area contributed by atoms with E-state index in [9.17, 15) is 0 Å². The van der Waals surface area contributed by atoms with Gasteiger partial charge in [-0.3, -0.25) is 0 Å². The first-order valence-electron chi connectivity index (χ1n) is 6.97. The fourth-order valence-electron chi connectivity index (χ4n) is 2.01. The number of alkyl halides is 1. The fourth-order valence-corrected chi connectivity index (χ4v) is 2.37. The summed E-state index contributed by atoms with van der Waals surface area (Å²) in [5, 5.41) is 0. The Morgan fingerprint density at radius 2 is 1.38 bits per heavy atom. The summed E-state index contributed by atoms with van der Waals surface area (Å²) in [6.45, 7) is 10.9. The van der Waals surface area contributed by atoms with Crippen LogP contribution in [0.1, 0.15) is 78.6 Å². The zero-order valence-electron chi connectivity index (χ0n) is 11.4. The molecule has 0 aromatic rings. The third-order valence-electron chi connectivity index (χ3n) is 3.32. The van der Waals surface area contributed by atoms with Gasteiger partial charge in [-0.1, -0.05) is 65.0 Å². The highest BCUT2D eigenvalue weighted by atomic mass is 35.5. The number of hydrogen-bond donors (Lipinski definition) is 0. The van der Waals surface area contributed by atoms with Crippen LogP contribution in [0.15, 0.2) is 12.2 Å². The van der Waals surface area contributed by atoms with E-state index in [1.54, 1.807) is 0 Å². The largest absolute Gasteiger partial charge is 0.114 e. The Labute approximate surface area is 107 Å². The van der Waals surface area contributed by atoms with Crippen LogP contribution < -0.4 is 0 Å². The first-order valence-corrected chi connectivity index (χ1v) is 7.35. The van der Waals surface area contributed by atoms with Gasteiger partial charge in [0.15, 0.2) is 0 Å². The molecule has 0 saturated heterocycles. The summed E-state index contributed by atoms with van der Waals surface area (Å²) in [7, 11) is 0. The van der Waals surface area contributed by atoms with E-state index in [1.165, 1.54) is 44.1 Å². The minimum Gasteiger partial charge on any atom is -0.114 e. The maximum absolute atomic E-state index is 6.78. The second-order valence-corrected chi connectivity index (χ2v) is 5.60. The van der Waals surface area contributed by atoms with Crippen LogP contribution in [0, 0.1) is 0 Å². The highest BCUT2D eigenvalue weighted by Gasteiger charge is 2.28. The van der Waals surface area contributed by atoms with Crippen LogP contribution in [-0.4, -0.2) is 4.87 Å². The number of unbranched alkanes of at least 4 members (excludes halogenated alkanes) is 3. The molecule has 0 aromatic carbocycles. The van der Waals surface area contributed by atoms with Gasteiger partial charge in [0.25, 0.3) is 0 Å². The van der Waals surface area contributed by atoms with Crippen LogP contribution in [0.4, 0.5) is 0 Å². The summed E-state index contributed by atoms with van der Waals surface area (Å²) in [6.07, 6.45) is 10.7. The molecule has 0 heterocycles. The monoisotopic (exact) mass is 244 g/mol. The van der Waals surface area contributed by atoms with Crippen LogP contribution >= 0.6 is 11.6 Å². The average molecular weight is 245 g/mol. The van der Waals surface area contributed by atoms with Gasteiger partial charge in [0.1, 0.15) is 0 Å². The van der Waals surface area contributed by atoms with Gasteiger partial charge in [0.05, 0.1) is 4.87 Å². The summed E-state index contributed by atoms with van der Waals surface area (Å²) >= 11 is 6.78. The Balaban J connectivity index is 4.30. The maximum Gasteiger partial charge on any atom is 0.0652 e. The lowest BCUT2D eigenvalue weighted by molar-refractivity contribution is 0.492. The average Bonchev–Trinajstić information content (AvgIpc) is 2.30. The Hall–Kier alpha value is 0.0300. The van der Waals surface area contributed by atoms with Crippen molar-refractivity contribution in [1.82, 2.24) is 0 Å². The van der Waals surface area contributed by atoms with Gasteiger partial charge in [-0.15, -0.1) is 11.6 Å². The Bertz CT molecular complexity index is 176. The van der Waals surface area contributed by atoms with Crippen molar-refractivity contribution in [1.29, 1.82) is 0 Å². The summed E-state index contributed by atoms with van der Waals surface area (Å²) in [5.74, 6) is 0. The molecule has 0 rings (SSSR count). The van der Waals surface area contributed by atoms with Crippen molar-refractivity contribution in [2.24, 2.45) is 0 Å². The van der Waals surface area contributed by atoms with Gasteiger partial charge in [0.2, 0.25) is 0 Å². The molecule has 0 aliphatic heterocycles. The molecule has 0 spiro atoms. The van der Waals surface area contributed by atoms with Gasteiger partial charge >= 0.3 is 0 Å². The molecule has 96 valence electrons. The van der Waals surface area contributed by atoms with Crippen LogP contribution in [0.3, 0.4) is 0 Å². The lowest BCUT2D eigenvalue weighted by Gasteiger charge is -2.29. The Kier molecular flexibility index (Phi) is 9.12. The van der Waals surface area contributed by atoms with Crippen LogP contribution in [0.2, 0.25) is 0 Å². The molecule has 0 unspecified atom stereocenters.